The van der Waals surface area contributed by atoms with E-state index in [1.165, 1.54) is 0 Å². The number of hydrogen-bond acceptors (Lipinski definition) is 3. The summed E-state index contributed by atoms with van der Waals surface area (Å²) in [4.78, 5) is 0. The summed E-state index contributed by atoms with van der Waals surface area (Å²) in [5.74, 6) is 2.78. The molecule has 0 amide bonds. The summed E-state index contributed by atoms with van der Waals surface area (Å²) in [7, 11) is 3.40. The molecule has 0 radical (unpaired) electrons. The van der Waals surface area contributed by atoms with Crippen molar-refractivity contribution in [3.63, 3.8) is 0 Å². The summed E-state index contributed by atoms with van der Waals surface area (Å²) in [6.45, 7) is 0. The average molecular weight is 754 g/mol. The van der Waals surface area contributed by atoms with E-state index < -0.39 is 0 Å². The van der Waals surface area contributed by atoms with Crippen LogP contribution in [0.25, 0.3) is 55.0 Å². The second-order valence-corrected chi connectivity index (χ2v) is 10.3. The molecule has 0 aliphatic carbocycles. The first kappa shape index (κ1) is 27.8. The topological polar surface area (TPSA) is 37.6 Å². The number of nitrogens with zero attached hydrogens (tertiary/aromatic N) is 2. The van der Waals surface area contributed by atoms with Gasteiger partial charge in [-0.3, -0.25) is 0 Å². The molecular weight excluding hydrogens is 728 g/mol. The van der Waals surface area contributed by atoms with E-state index in [4.69, 9.17) is 14.2 Å². The van der Waals surface area contributed by atoms with Gasteiger partial charge in [-0.1, -0.05) is 72.8 Å². The Morgan fingerprint density at radius 2 is 0.886 bits per heavy atom. The molecule has 0 saturated heterocycles. The van der Waals surface area contributed by atoms with Gasteiger partial charge in [0.1, 0.15) is 0 Å². The quantitative estimate of drug-likeness (QED) is 0.159. The van der Waals surface area contributed by atoms with Crippen LogP contribution in [0.2, 0.25) is 0 Å². The second-order valence-electron chi connectivity index (χ2n) is 10.3. The first-order chi connectivity index (χ1) is 21.2. The molecule has 8 rings (SSSR count). The van der Waals surface area contributed by atoms with Crippen LogP contribution < -0.4 is 14.2 Å². The molecule has 8 aromatic rings. The Morgan fingerprint density at radius 3 is 1.30 bits per heavy atom. The van der Waals surface area contributed by atoms with E-state index in [2.05, 4.69) is 69.8 Å². The summed E-state index contributed by atoms with van der Waals surface area (Å²) in [5.41, 5.74) is 6.27. The van der Waals surface area contributed by atoms with E-state index in [1.54, 1.807) is 14.2 Å². The van der Waals surface area contributed by atoms with Crippen molar-refractivity contribution in [3.05, 3.63) is 133 Å². The Bertz CT molecular complexity index is 2130. The standard InChI is InChI=1S/C38H26N2O3.Pt/c1-41-35-17-9-15-33-37(35)29-23-27(19-21-31(29)39(33)25-11-5-3-6-12-25)43-28-20-22-32-30(24-28)38-34(16-10-18-36(38)42-2)40(32)26-13-7-4-8-14-26;/h3-22H,1-2H3;/q-2;+2. The van der Waals surface area contributed by atoms with Gasteiger partial charge in [-0.05, 0) is 70.3 Å². The number of rotatable bonds is 6. The van der Waals surface area contributed by atoms with Gasteiger partial charge in [-0.2, -0.15) is 0 Å². The molecule has 0 unspecified atom stereocenters. The van der Waals surface area contributed by atoms with Crippen molar-refractivity contribution >= 4 is 43.6 Å². The molecule has 0 bridgehead atoms. The number of aromatic nitrogens is 2. The van der Waals surface area contributed by atoms with Crippen LogP contribution >= 0.6 is 0 Å². The Morgan fingerprint density at radius 1 is 0.455 bits per heavy atom. The molecule has 0 aliphatic heterocycles. The van der Waals surface area contributed by atoms with Gasteiger partial charge in [-0.25, -0.2) is 0 Å². The fraction of sp³-hybridized carbons (Fsp3) is 0.0526. The Labute approximate surface area is 269 Å². The van der Waals surface area contributed by atoms with E-state index in [0.717, 1.165) is 66.5 Å². The van der Waals surface area contributed by atoms with Crippen LogP contribution in [0, 0.1) is 12.1 Å². The van der Waals surface area contributed by atoms with Gasteiger partial charge in [0.25, 0.3) is 0 Å². The molecule has 6 heteroatoms. The zero-order valence-corrected chi connectivity index (χ0v) is 26.3. The minimum atomic E-state index is 0. The maximum atomic E-state index is 6.46. The largest absolute Gasteiger partial charge is 2.00 e. The number of fused-ring (bicyclic) bond motifs is 6. The number of hydrogen-bond donors (Lipinski definition) is 0. The van der Waals surface area contributed by atoms with Gasteiger partial charge >= 0.3 is 21.1 Å². The van der Waals surface area contributed by atoms with Gasteiger partial charge in [0.15, 0.2) is 0 Å². The molecule has 5 nitrogen and oxygen atoms in total. The van der Waals surface area contributed by atoms with E-state index in [9.17, 15) is 0 Å². The summed E-state index contributed by atoms with van der Waals surface area (Å²) in [5, 5.41) is 3.84. The number of benzene rings is 6. The Kier molecular flexibility index (Phi) is 7.12. The third-order valence-corrected chi connectivity index (χ3v) is 7.95. The van der Waals surface area contributed by atoms with Gasteiger partial charge in [0.2, 0.25) is 0 Å². The van der Waals surface area contributed by atoms with Crippen LogP contribution in [-0.4, -0.2) is 23.4 Å². The third-order valence-electron chi connectivity index (χ3n) is 7.95. The van der Waals surface area contributed by atoms with Crippen LogP contribution in [0.5, 0.6) is 23.0 Å². The van der Waals surface area contributed by atoms with Crippen LogP contribution in [0.3, 0.4) is 0 Å². The second kappa shape index (κ2) is 11.3. The van der Waals surface area contributed by atoms with Crippen molar-refractivity contribution in [1.29, 1.82) is 0 Å². The summed E-state index contributed by atoms with van der Waals surface area (Å²) in [6.07, 6.45) is 0. The van der Waals surface area contributed by atoms with Gasteiger partial charge in [0.05, 0.1) is 25.7 Å². The molecule has 2 aromatic heterocycles. The zero-order valence-electron chi connectivity index (χ0n) is 24.0. The molecule has 0 saturated carbocycles. The smallest absolute Gasteiger partial charge is 0.506 e. The molecule has 216 valence electrons. The van der Waals surface area contributed by atoms with Crippen molar-refractivity contribution in [1.82, 2.24) is 9.13 Å². The molecule has 0 aliphatic rings. The first-order valence-electron chi connectivity index (χ1n) is 14.1. The van der Waals surface area contributed by atoms with E-state index in [-0.39, 0.29) is 21.1 Å². The van der Waals surface area contributed by atoms with Crippen LogP contribution in [-0.2, 0) is 21.1 Å². The normalized spacial score (nSPS) is 11.2. The molecule has 0 spiro atoms. The Balaban J connectivity index is 0.00000312. The minimum absolute atomic E-state index is 0. The van der Waals surface area contributed by atoms with Crippen molar-refractivity contribution in [3.8, 4) is 34.4 Å². The summed E-state index contributed by atoms with van der Waals surface area (Å²) in [6, 6.07) is 48.0. The van der Waals surface area contributed by atoms with E-state index in [0.29, 0.717) is 11.5 Å². The summed E-state index contributed by atoms with van der Waals surface area (Å²) >= 11 is 0. The monoisotopic (exact) mass is 753 g/mol. The van der Waals surface area contributed by atoms with Crippen molar-refractivity contribution < 1.29 is 35.3 Å². The first-order valence-corrected chi connectivity index (χ1v) is 14.1. The Hall–Kier alpha value is -4.99. The fourth-order valence-electron chi connectivity index (χ4n) is 6.15. The predicted molar refractivity (Wildman–Crippen MR) is 172 cm³/mol. The van der Waals surface area contributed by atoms with Gasteiger partial charge < -0.3 is 23.3 Å². The minimum Gasteiger partial charge on any atom is -0.506 e. The molecule has 0 fully saturated rings. The average Bonchev–Trinajstić information content (AvgIpc) is 3.58. The van der Waals surface area contributed by atoms with Crippen LogP contribution in [0.4, 0.5) is 0 Å². The van der Waals surface area contributed by atoms with Crippen LogP contribution in [0.1, 0.15) is 0 Å². The molecule has 0 atom stereocenters. The van der Waals surface area contributed by atoms with Crippen LogP contribution in [0.15, 0.2) is 121 Å². The maximum Gasteiger partial charge on any atom is 2.00 e. The molecule has 6 aromatic carbocycles. The van der Waals surface area contributed by atoms with Crippen molar-refractivity contribution in [2.45, 2.75) is 0 Å². The SMILES string of the molecule is COc1cccc2c1c1[c-]c(Oc3[c-]c4c5c(OC)cccc5n(-c5ccccc5)c4cc3)ccc1n2-c1ccccc1.[Pt+2]. The molecule has 2 heterocycles. The fourth-order valence-corrected chi connectivity index (χ4v) is 6.15. The van der Waals surface area contributed by atoms with E-state index in [1.807, 2.05) is 72.8 Å². The summed E-state index contributed by atoms with van der Waals surface area (Å²) < 4.78 is 22.5. The van der Waals surface area contributed by atoms with E-state index >= 15 is 0 Å². The molecule has 0 N–H and O–H groups in total. The number of ether oxygens (including phenoxy) is 3. The number of para-hydroxylation sites is 2. The third kappa shape index (κ3) is 4.35. The number of methoxy groups -OCH3 is 2. The molecular formula is C38H26N2O3Pt. The van der Waals surface area contributed by atoms with Gasteiger partial charge in [-0.15, -0.1) is 22.9 Å². The predicted octanol–water partition coefficient (Wildman–Crippen LogP) is 9.29. The van der Waals surface area contributed by atoms with Gasteiger partial charge in [0, 0.05) is 33.9 Å². The van der Waals surface area contributed by atoms with Crippen molar-refractivity contribution in [2.75, 3.05) is 14.2 Å². The molecule has 44 heavy (non-hydrogen) atoms. The zero-order chi connectivity index (χ0) is 28.9. The maximum absolute atomic E-state index is 6.46. The van der Waals surface area contributed by atoms with Crippen molar-refractivity contribution in [2.24, 2.45) is 0 Å².